The third kappa shape index (κ3) is 5.43. The van der Waals surface area contributed by atoms with E-state index in [2.05, 4.69) is 30.4 Å². The van der Waals surface area contributed by atoms with E-state index in [1.807, 2.05) is 24.3 Å². The van der Waals surface area contributed by atoms with Crippen LogP contribution in [-0.4, -0.2) is 37.6 Å². The Hall–Kier alpha value is -1.35. The van der Waals surface area contributed by atoms with Crippen LogP contribution in [0.25, 0.3) is 0 Å². The van der Waals surface area contributed by atoms with Gasteiger partial charge in [0.25, 0.3) is 0 Å². The summed E-state index contributed by atoms with van der Waals surface area (Å²) in [6, 6.07) is 7.69. The molecule has 0 amide bonds. The fourth-order valence-electron chi connectivity index (χ4n) is 2.11. The van der Waals surface area contributed by atoms with E-state index in [4.69, 9.17) is 0 Å². The minimum atomic E-state index is -0.276. The van der Waals surface area contributed by atoms with Crippen LogP contribution in [0.15, 0.2) is 24.3 Å². The fraction of sp³-hybridized carbons (Fsp3) is 0.562. The number of ether oxygens (including phenoxy) is 1. The molecule has 0 spiro atoms. The highest BCUT2D eigenvalue weighted by Gasteiger charge is 2.07. The lowest BCUT2D eigenvalue weighted by Crippen LogP contribution is -2.29. The molecule has 0 fully saturated rings. The van der Waals surface area contributed by atoms with Gasteiger partial charge in [0.1, 0.15) is 0 Å². The molecule has 19 heavy (non-hydrogen) atoms. The molecular formula is C16H25NO2. The zero-order chi connectivity index (χ0) is 14.3. The van der Waals surface area contributed by atoms with Crippen molar-refractivity contribution in [3.63, 3.8) is 0 Å². The van der Waals surface area contributed by atoms with Gasteiger partial charge in [0.05, 0.1) is 12.7 Å². The van der Waals surface area contributed by atoms with Crippen molar-refractivity contribution in [2.24, 2.45) is 5.92 Å². The number of carbonyl (C=O) groups is 1. The number of likely N-dealkylation sites (N-methyl/N-ethyl adjacent to an activating group) is 1. The van der Waals surface area contributed by atoms with Crippen LogP contribution in [0, 0.1) is 5.92 Å². The van der Waals surface area contributed by atoms with Crippen molar-refractivity contribution in [2.75, 3.05) is 26.7 Å². The van der Waals surface area contributed by atoms with Crippen molar-refractivity contribution < 1.29 is 9.53 Å². The first kappa shape index (κ1) is 15.7. The van der Waals surface area contributed by atoms with Gasteiger partial charge in [-0.3, -0.25) is 0 Å². The number of nitrogens with zero attached hydrogens (tertiary/aromatic N) is 1. The highest BCUT2D eigenvalue weighted by Crippen LogP contribution is 2.08. The Labute approximate surface area is 116 Å². The summed E-state index contributed by atoms with van der Waals surface area (Å²) < 4.78 is 4.69. The molecule has 0 saturated heterocycles. The first-order valence-corrected chi connectivity index (χ1v) is 6.96. The van der Waals surface area contributed by atoms with Crippen LogP contribution in [-0.2, 0) is 11.2 Å². The minimum Gasteiger partial charge on any atom is -0.465 e. The van der Waals surface area contributed by atoms with Crippen LogP contribution >= 0.6 is 0 Å². The van der Waals surface area contributed by atoms with E-state index in [1.54, 1.807) is 0 Å². The molecule has 0 aliphatic carbocycles. The zero-order valence-electron chi connectivity index (χ0n) is 12.5. The lowest BCUT2D eigenvalue weighted by Gasteiger charge is -2.22. The molecule has 106 valence electrons. The summed E-state index contributed by atoms with van der Waals surface area (Å²) in [4.78, 5) is 13.8. The van der Waals surface area contributed by atoms with Crippen molar-refractivity contribution in [1.29, 1.82) is 0 Å². The molecule has 0 aliphatic rings. The average Bonchev–Trinajstić information content (AvgIpc) is 2.42. The van der Waals surface area contributed by atoms with Gasteiger partial charge in [-0.15, -0.1) is 0 Å². The normalized spacial score (nSPS) is 11.1. The van der Waals surface area contributed by atoms with E-state index in [1.165, 1.54) is 12.7 Å². The summed E-state index contributed by atoms with van der Waals surface area (Å²) in [7, 11) is 1.40. The summed E-state index contributed by atoms with van der Waals surface area (Å²) in [5, 5.41) is 0. The average molecular weight is 263 g/mol. The Morgan fingerprint density at radius 3 is 2.37 bits per heavy atom. The van der Waals surface area contributed by atoms with Gasteiger partial charge >= 0.3 is 5.97 Å². The third-order valence-corrected chi connectivity index (χ3v) is 3.16. The number of hydrogen-bond donors (Lipinski definition) is 0. The van der Waals surface area contributed by atoms with Crippen molar-refractivity contribution >= 4 is 5.97 Å². The van der Waals surface area contributed by atoms with Crippen LogP contribution in [0.3, 0.4) is 0 Å². The highest BCUT2D eigenvalue weighted by molar-refractivity contribution is 5.89. The fourth-order valence-corrected chi connectivity index (χ4v) is 2.11. The number of benzene rings is 1. The first-order chi connectivity index (χ1) is 9.06. The molecule has 0 heterocycles. The molecule has 3 nitrogen and oxygen atoms in total. The number of hydrogen-bond acceptors (Lipinski definition) is 3. The Bertz CT molecular complexity index is 384. The second-order valence-electron chi connectivity index (χ2n) is 5.23. The molecule has 0 radical (unpaired) electrons. The Morgan fingerprint density at radius 1 is 1.26 bits per heavy atom. The molecule has 1 rings (SSSR count). The predicted octanol–water partition coefficient (Wildman–Crippen LogP) is 2.99. The van der Waals surface area contributed by atoms with Gasteiger partial charge in [0.15, 0.2) is 0 Å². The van der Waals surface area contributed by atoms with E-state index >= 15 is 0 Å². The largest absolute Gasteiger partial charge is 0.465 e. The van der Waals surface area contributed by atoms with Crippen molar-refractivity contribution in [1.82, 2.24) is 4.90 Å². The van der Waals surface area contributed by atoms with Gasteiger partial charge in [0.2, 0.25) is 0 Å². The minimum absolute atomic E-state index is 0.276. The highest BCUT2D eigenvalue weighted by atomic mass is 16.5. The van der Waals surface area contributed by atoms with Crippen LogP contribution in [0.1, 0.15) is 36.7 Å². The molecule has 0 N–H and O–H groups in total. The number of rotatable bonds is 7. The van der Waals surface area contributed by atoms with E-state index < -0.39 is 0 Å². The monoisotopic (exact) mass is 263 g/mol. The maximum absolute atomic E-state index is 11.3. The second-order valence-corrected chi connectivity index (χ2v) is 5.23. The molecule has 0 bridgehead atoms. The van der Waals surface area contributed by atoms with Crippen molar-refractivity contribution in [3.8, 4) is 0 Å². The number of esters is 1. The van der Waals surface area contributed by atoms with Crippen LogP contribution in [0.5, 0.6) is 0 Å². The van der Waals surface area contributed by atoms with Crippen molar-refractivity contribution in [3.05, 3.63) is 35.4 Å². The number of methoxy groups -OCH3 is 1. The molecule has 1 aromatic rings. The maximum Gasteiger partial charge on any atom is 0.337 e. The van der Waals surface area contributed by atoms with Gasteiger partial charge in [0, 0.05) is 13.1 Å². The van der Waals surface area contributed by atoms with Crippen LogP contribution < -0.4 is 0 Å². The zero-order valence-corrected chi connectivity index (χ0v) is 12.5. The summed E-state index contributed by atoms with van der Waals surface area (Å²) in [6.07, 6.45) is 1.02. The van der Waals surface area contributed by atoms with Crippen LogP contribution in [0.2, 0.25) is 0 Å². The Kier molecular flexibility index (Phi) is 6.57. The van der Waals surface area contributed by atoms with Gasteiger partial charge in [-0.1, -0.05) is 32.9 Å². The lowest BCUT2D eigenvalue weighted by atomic mass is 10.1. The Balaban J connectivity index is 2.51. The molecule has 0 aromatic heterocycles. The van der Waals surface area contributed by atoms with E-state index in [9.17, 15) is 4.79 Å². The summed E-state index contributed by atoms with van der Waals surface area (Å²) in [6.45, 7) is 9.96. The third-order valence-electron chi connectivity index (χ3n) is 3.16. The first-order valence-electron chi connectivity index (χ1n) is 6.96. The molecule has 0 aliphatic heterocycles. The predicted molar refractivity (Wildman–Crippen MR) is 78.4 cm³/mol. The van der Waals surface area contributed by atoms with Gasteiger partial charge < -0.3 is 9.64 Å². The second kappa shape index (κ2) is 7.95. The SMILES string of the molecule is CCN(CCc1ccc(C(=O)OC)cc1)CC(C)C. The van der Waals surface area contributed by atoms with Gasteiger partial charge in [-0.2, -0.15) is 0 Å². The standard InChI is InChI=1S/C16H25NO2/c1-5-17(12-13(2)3)11-10-14-6-8-15(9-7-14)16(18)19-4/h6-9,13H,5,10-12H2,1-4H3. The summed E-state index contributed by atoms with van der Waals surface area (Å²) in [5.74, 6) is 0.420. The summed E-state index contributed by atoms with van der Waals surface area (Å²) >= 11 is 0. The molecule has 0 atom stereocenters. The lowest BCUT2D eigenvalue weighted by molar-refractivity contribution is 0.0600. The molecule has 0 unspecified atom stereocenters. The quantitative estimate of drug-likeness (QED) is 0.708. The van der Waals surface area contributed by atoms with Crippen LogP contribution in [0.4, 0.5) is 0 Å². The van der Waals surface area contributed by atoms with Gasteiger partial charge in [-0.05, 0) is 36.6 Å². The smallest absolute Gasteiger partial charge is 0.337 e. The van der Waals surface area contributed by atoms with Gasteiger partial charge in [-0.25, -0.2) is 4.79 Å². The van der Waals surface area contributed by atoms with E-state index in [0.717, 1.165) is 26.1 Å². The molecule has 0 saturated carbocycles. The molecule has 1 aromatic carbocycles. The summed E-state index contributed by atoms with van der Waals surface area (Å²) in [5.41, 5.74) is 1.87. The maximum atomic E-state index is 11.3. The van der Waals surface area contributed by atoms with E-state index in [0.29, 0.717) is 11.5 Å². The topological polar surface area (TPSA) is 29.5 Å². The van der Waals surface area contributed by atoms with Crippen molar-refractivity contribution in [2.45, 2.75) is 27.2 Å². The molecular weight excluding hydrogens is 238 g/mol. The number of carbonyl (C=O) groups excluding carboxylic acids is 1. The Morgan fingerprint density at radius 2 is 1.89 bits per heavy atom. The van der Waals surface area contributed by atoms with E-state index in [-0.39, 0.29) is 5.97 Å². The molecule has 3 heteroatoms.